The van der Waals surface area contributed by atoms with Gasteiger partial charge in [0.05, 0.1) is 11.3 Å². The Bertz CT molecular complexity index is 1270. The van der Waals surface area contributed by atoms with E-state index in [1.165, 1.54) is 6.20 Å². The molecule has 0 aliphatic carbocycles. The summed E-state index contributed by atoms with van der Waals surface area (Å²) in [6.45, 7) is 1.10. The van der Waals surface area contributed by atoms with Crippen LogP contribution in [-0.2, 0) is 25.5 Å². The van der Waals surface area contributed by atoms with Gasteiger partial charge in [-0.2, -0.15) is 4.98 Å². The van der Waals surface area contributed by atoms with Gasteiger partial charge in [-0.1, -0.05) is 48.5 Å². The number of aromatic nitrogens is 2. The molecule has 36 heavy (non-hydrogen) atoms. The summed E-state index contributed by atoms with van der Waals surface area (Å²) in [4.78, 5) is 40.3. The van der Waals surface area contributed by atoms with Crippen molar-refractivity contribution in [1.82, 2.24) is 9.55 Å². The van der Waals surface area contributed by atoms with Crippen molar-refractivity contribution in [3.63, 3.8) is 0 Å². The summed E-state index contributed by atoms with van der Waals surface area (Å²) in [7, 11) is 0. The van der Waals surface area contributed by atoms with E-state index in [0.717, 1.165) is 17.1 Å². The van der Waals surface area contributed by atoms with Crippen molar-refractivity contribution in [3.8, 4) is 0 Å². The van der Waals surface area contributed by atoms with Crippen LogP contribution in [0.3, 0.4) is 0 Å². The molecule has 1 saturated heterocycles. The van der Waals surface area contributed by atoms with E-state index < -0.39 is 48.8 Å². The Kier molecular flexibility index (Phi) is 7.59. The molecule has 0 bridgehead atoms. The average molecular weight is 496 g/mol. The van der Waals surface area contributed by atoms with Gasteiger partial charge in [0.25, 0.3) is 0 Å². The molecule has 1 aliphatic rings. The predicted octanol–water partition coefficient (Wildman–Crippen LogP) is 2.46. The van der Waals surface area contributed by atoms with E-state index >= 15 is 4.39 Å². The number of hydrogen-bond donors (Lipinski definition) is 2. The van der Waals surface area contributed by atoms with Crippen LogP contribution < -0.4 is 16.7 Å². The van der Waals surface area contributed by atoms with E-state index in [9.17, 15) is 14.4 Å². The van der Waals surface area contributed by atoms with Gasteiger partial charge < -0.3 is 25.3 Å². The van der Waals surface area contributed by atoms with E-state index in [2.05, 4.69) is 10.3 Å². The molecule has 11 heteroatoms. The van der Waals surface area contributed by atoms with Crippen LogP contribution in [0.4, 0.5) is 15.9 Å². The summed E-state index contributed by atoms with van der Waals surface area (Å²) in [5.74, 6) is -1.47. The van der Waals surface area contributed by atoms with Gasteiger partial charge in [0.15, 0.2) is 24.3 Å². The maximum absolute atomic E-state index is 15.5. The highest BCUT2D eigenvalue weighted by molar-refractivity contribution is 5.89. The van der Waals surface area contributed by atoms with Crippen LogP contribution in [0.5, 0.6) is 0 Å². The minimum atomic E-state index is -1.94. The van der Waals surface area contributed by atoms with Crippen molar-refractivity contribution < 1.29 is 28.2 Å². The van der Waals surface area contributed by atoms with Gasteiger partial charge in [0.2, 0.25) is 0 Å². The highest BCUT2D eigenvalue weighted by Gasteiger charge is 2.49. The van der Waals surface area contributed by atoms with E-state index in [4.69, 9.17) is 19.9 Å². The van der Waals surface area contributed by atoms with Crippen molar-refractivity contribution in [1.29, 1.82) is 0 Å². The topological polar surface area (TPSA) is 135 Å². The number of ether oxygens (including phenoxy) is 3. The molecule has 2 aromatic carbocycles. The van der Waals surface area contributed by atoms with E-state index in [0.29, 0.717) is 12.1 Å². The van der Waals surface area contributed by atoms with Gasteiger partial charge in [-0.05, 0) is 17.7 Å². The number of halogens is 1. The first-order valence-corrected chi connectivity index (χ1v) is 11.2. The summed E-state index contributed by atoms with van der Waals surface area (Å²) in [5, 5.41) is 3.07. The first-order valence-electron chi connectivity index (χ1n) is 11.2. The quantitative estimate of drug-likeness (QED) is 0.451. The molecule has 0 spiro atoms. The number of nitrogen functional groups attached to an aromatic ring is 1. The summed E-state index contributed by atoms with van der Waals surface area (Å²) in [5.41, 5.74) is 6.57. The molecular weight excluding hydrogens is 471 g/mol. The number of nitrogens with one attached hydrogen (secondary N) is 1. The van der Waals surface area contributed by atoms with Gasteiger partial charge in [0, 0.05) is 19.7 Å². The molecule has 1 fully saturated rings. The zero-order valence-electron chi connectivity index (χ0n) is 19.4. The second kappa shape index (κ2) is 11.0. The highest BCUT2D eigenvalue weighted by Crippen LogP contribution is 2.34. The molecular formula is C25H25FN4O6. The van der Waals surface area contributed by atoms with Crippen LogP contribution in [0.15, 0.2) is 71.7 Å². The van der Waals surface area contributed by atoms with Gasteiger partial charge in [-0.3, -0.25) is 9.36 Å². The number of rotatable bonds is 8. The van der Waals surface area contributed by atoms with Crippen molar-refractivity contribution in [2.24, 2.45) is 0 Å². The van der Waals surface area contributed by atoms with Crippen molar-refractivity contribution in [2.45, 2.75) is 38.1 Å². The first-order chi connectivity index (χ1) is 17.3. The molecule has 0 radical (unpaired) electrons. The molecule has 1 aliphatic heterocycles. The predicted molar refractivity (Wildman–Crippen MR) is 128 cm³/mol. The minimum Gasteiger partial charge on any atom is -0.459 e. The summed E-state index contributed by atoms with van der Waals surface area (Å²) in [6.07, 6.45) is -4.71. The average Bonchev–Trinajstić information content (AvgIpc) is 3.17. The number of alkyl halides is 1. The summed E-state index contributed by atoms with van der Waals surface area (Å²) >= 11 is 0. The third-order valence-electron chi connectivity index (χ3n) is 5.54. The number of nitrogens with zero attached hydrogens (tertiary/aromatic N) is 2. The number of esters is 2. The number of benzene rings is 2. The lowest BCUT2D eigenvalue weighted by Crippen LogP contribution is -2.37. The standard InChI is InChI=1S/C25H25FN4O6/c1-15(31)35-21-19(14-34-24(32)17-10-6-3-7-11-17)36-23(20(21)26)30-13-18(22(27)29-25(30)33)28-12-16-8-4-2-5-9-16/h2-11,13,19-21,23,28H,12,14H2,1H3,(H2,27,29,33)/t19-,20+,21-,23-/m1/s1. The fourth-order valence-corrected chi connectivity index (χ4v) is 3.79. The summed E-state index contributed by atoms with van der Waals surface area (Å²) in [6, 6.07) is 17.6. The molecule has 0 amide bonds. The molecule has 4 rings (SSSR count). The Morgan fingerprint density at radius 2 is 1.81 bits per heavy atom. The lowest BCUT2D eigenvalue weighted by atomic mass is 10.1. The Morgan fingerprint density at radius 1 is 1.14 bits per heavy atom. The second-order valence-corrected chi connectivity index (χ2v) is 8.12. The van der Waals surface area contributed by atoms with Gasteiger partial charge in [-0.25, -0.2) is 14.0 Å². The van der Waals surface area contributed by atoms with Crippen molar-refractivity contribution in [3.05, 3.63) is 88.5 Å². The van der Waals surface area contributed by atoms with Crippen LogP contribution in [0.2, 0.25) is 0 Å². The molecule has 2 heterocycles. The van der Waals surface area contributed by atoms with Crippen LogP contribution in [0.25, 0.3) is 0 Å². The third kappa shape index (κ3) is 5.69. The van der Waals surface area contributed by atoms with E-state index in [1.807, 2.05) is 30.3 Å². The Balaban J connectivity index is 1.53. The van der Waals surface area contributed by atoms with Crippen molar-refractivity contribution >= 4 is 23.4 Å². The fraction of sp³-hybridized carbons (Fsp3) is 0.280. The molecule has 3 N–H and O–H groups in total. The molecule has 4 atom stereocenters. The largest absolute Gasteiger partial charge is 0.459 e. The van der Waals surface area contributed by atoms with Crippen LogP contribution >= 0.6 is 0 Å². The Morgan fingerprint density at radius 3 is 2.47 bits per heavy atom. The van der Waals surface area contributed by atoms with Crippen LogP contribution in [0, 0.1) is 0 Å². The zero-order chi connectivity index (χ0) is 25.7. The molecule has 3 aromatic rings. The molecule has 188 valence electrons. The van der Waals surface area contributed by atoms with Crippen molar-refractivity contribution in [2.75, 3.05) is 17.7 Å². The first kappa shape index (κ1) is 24.9. The smallest absolute Gasteiger partial charge is 0.351 e. The van der Waals surface area contributed by atoms with Gasteiger partial charge in [0.1, 0.15) is 12.7 Å². The Hall–Kier alpha value is -4.25. The van der Waals surface area contributed by atoms with Gasteiger partial charge >= 0.3 is 17.6 Å². The van der Waals surface area contributed by atoms with E-state index in [-0.39, 0.29) is 11.5 Å². The monoisotopic (exact) mass is 496 g/mol. The second-order valence-electron chi connectivity index (χ2n) is 8.12. The Labute approximate surface area is 205 Å². The molecule has 0 saturated carbocycles. The van der Waals surface area contributed by atoms with E-state index in [1.54, 1.807) is 30.3 Å². The maximum Gasteiger partial charge on any atom is 0.351 e. The minimum absolute atomic E-state index is 0.0644. The summed E-state index contributed by atoms with van der Waals surface area (Å²) < 4.78 is 32.5. The fourth-order valence-electron chi connectivity index (χ4n) is 3.79. The highest BCUT2D eigenvalue weighted by atomic mass is 19.1. The maximum atomic E-state index is 15.5. The van der Waals surface area contributed by atoms with Crippen LogP contribution in [-0.4, -0.2) is 46.5 Å². The SMILES string of the molecule is CC(=O)O[C@H]1[C@H](F)[C@H](n2cc(NCc3ccccc3)c(N)nc2=O)O[C@@H]1COC(=O)c1ccccc1. The number of carbonyl (C=O) groups excluding carboxylic acids is 2. The molecule has 10 nitrogen and oxygen atoms in total. The molecule has 0 unspecified atom stereocenters. The zero-order valence-corrected chi connectivity index (χ0v) is 19.4. The number of hydrogen-bond acceptors (Lipinski definition) is 9. The third-order valence-corrected chi connectivity index (χ3v) is 5.54. The normalized spacial score (nSPS) is 21.1. The van der Waals surface area contributed by atoms with Gasteiger partial charge in [-0.15, -0.1) is 0 Å². The lowest BCUT2D eigenvalue weighted by Gasteiger charge is -2.19. The lowest BCUT2D eigenvalue weighted by molar-refractivity contribution is -0.152. The van der Waals surface area contributed by atoms with Crippen LogP contribution in [0.1, 0.15) is 29.1 Å². The number of anilines is 2. The molecule has 1 aromatic heterocycles. The number of carbonyl (C=O) groups is 2. The number of nitrogens with two attached hydrogens (primary N) is 1.